The molecule has 2 aliphatic rings. The highest BCUT2D eigenvalue weighted by molar-refractivity contribution is 7.58. The zero-order valence-electron chi connectivity index (χ0n) is 22.6. The van der Waals surface area contributed by atoms with E-state index in [9.17, 15) is 24.4 Å². The van der Waals surface area contributed by atoms with Gasteiger partial charge in [-0.1, -0.05) is 33.6 Å². The van der Waals surface area contributed by atoms with Gasteiger partial charge in [0, 0.05) is 12.1 Å². The summed E-state index contributed by atoms with van der Waals surface area (Å²) in [6, 6.07) is 0.583. The van der Waals surface area contributed by atoms with Crippen molar-refractivity contribution in [3.63, 3.8) is 0 Å². The summed E-state index contributed by atoms with van der Waals surface area (Å²) in [4.78, 5) is 52.7. The molecule has 0 radical (unpaired) electrons. The highest BCUT2D eigenvalue weighted by atomic mass is 31.2. The van der Waals surface area contributed by atoms with Gasteiger partial charge in [-0.3, -0.25) is 14.2 Å². The number of hydrogen-bond donors (Lipinski definition) is 4. The van der Waals surface area contributed by atoms with E-state index in [-0.39, 0.29) is 30.9 Å². The van der Waals surface area contributed by atoms with Crippen LogP contribution in [0.25, 0.3) is 0 Å². The van der Waals surface area contributed by atoms with Crippen LogP contribution < -0.4 is 16.1 Å². The Kier molecular flexibility index (Phi) is 10.4. The Balaban J connectivity index is 1.74. The Morgan fingerprint density at radius 2 is 1.97 bits per heavy atom. The molecular formula is C24H40N4O9P+. The van der Waals surface area contributed by atoms with E-state index < -0.39 is 49.8 Å². The van der Waals surface area contributed by atoms with Gasteiger partial charge in [0.2, 0.25) is 5.91 Å². The third kappa shape index (κ3) is 6.77. The van der Waals surface area contributed by atoms with Gasteiger partial charge in [0.15, 0.2) is 12.3 Å². The van der Waals surface area contributed by atoms with Gasteiger partial charge in [0.1, 0.15) is 30.2 Å². The molecule has 0 bridgehead atoms. The lowest BCUT2D eigenvalue weighted by Gasteiger charge is -2.33. The van der Waals surface area contributed by atoms with Crippen molar-refractivity contribution in [1.82, 2.24) is 14.6 Å². The number of esters is 1. The molecule has 38 heavy (non-hydrogen) atoms. The predicted octanol–water partition coefficient (Wildman–Crippen LogP) is 2.06. The number of fused-ring (bicyclic) bond motifs is 1. The molecule has 1 amide bonds. The second-order valence-corrected chi connectivity index (χ2v) is 11.5. The van der Waals surface area contributed by atoms with Crippen molar-refractivity contribution in [3.8, 4) is 0 Å². The van der Waals surface area contributed by atoms with E-state index in [1.807, 2.05) is 13.8 Å². The van der Waals surface area contributed by atoms with Crippen molar-refractivity contribution < 1.29 is 38.1 Å². The van der Waals surface area contributed by atoms with Crippen LogP contribution in [-0.2, 0) is 28.1 Å². The molecule has 3 rings (SSSR count). The third-order valence-electron chi connectivity index (χ3n) is 6.66. The predicted molar refractivity (Wildman–Crippen MR) is 139 cm³/mol. The van der Waals surface area contributed by atoms with Crippen LogP contribution in [0.5, 0.6) is 0 Å². The van der Waals surface area contributed by atoms with Crippen LogP contribution in [0.2, 0.25) is 0 Å². The molecule has 13 nitrogen and oxygen atoms in total. The molecule has 0 saturated carbocycles. The van der Waals surface area contributed by atoms with E-state index in [0.29, 0.717) is 6.42 Å². The largest absolute Gasteiger partial charge is 0.500 e. The molecular weight excluding hydrogens is 519 g/mol. The van der Waals surface area contributed by atoms with Crippen LogP contribution in [0.1, 0.15) is 73.0 Å². The van der Waals surface area contributed by atoms with Crippen LogP contribution in [0, 0.1) is 5.92 Å². The number of amides is 1. The number of carbonyl (C=O) groups is 2. The van der Waals surface area contributed by atoms with Crippen molar-refractivity contribution >= 4 is 25.8 Å². The second kappa shape index (κ2) is 12.9. The maximum Gasteiger partial charge on any atom is 0.500 e. The topological polar surface area (TPSA) is 170 Å². The lowest BCUT2D eigenvalue weighted by atomic mass is 9.96. The van der Waals surface area contributed by atoms with E-state index in [4.69, 9.17) is 18.5 Å². The minimum atomic E-state index is -3.78. The second-order valence-electron chi connectivity index (χ2n) is 9.70. The van der Waals surface area contributed by atoms with Gasteiger partial charge in [0.05, 0.1) is 6.61 Å². The van der Waals surface area contributed by atoms with E-state index in [1.54, 1.807) is 13.8 Å². The fourth-order valence-corrected chi connectivity index (χ4v) is 6.59. The first-order valence-corrected chi connectivity index (χ1v) is 14.7. The van der Waals surface area contributed by atoms with Crippen LogP contribution in [-0.4, -0.2) is 68.5 Å². The van der Waals surface area contributed by atoms with Gasteiger partial charge in [-0.2, -0.15) is 18.9 Å². The Morgan fingerprint density at radius 1 is 1.29 bits per heavy atom. The summed E-state index contributed by atoms with van der Waals surface area (Å²) in [5, 5.41) is 16.8. The van der Waals surface area contributed by atoms with Gasteiger partial charge >= 0.3 is 19.8 Å². The molecule has 2 saturated heterocycles. The lowest BCUT2D eigenvalue weighted by molar-refractivity contribution is -0.145. The van der Waals surface area contributed by atoms with Gasteiger partial charge in [0.25, 0.3) is 0 Å². The molecule has 1 unspecified atom stereocenters. The van der Waals surface area contributed by atoms with E-state index in [1.165, 1.54) is 19.2 Å². The summed E-state index contributed by atoms with van der Waals surface area (Å²) in [5.74, 6) is -0.814. The van der Waals surface area contributed by atoms with Crippen molar-refractivity contribution in [2.24, 2.45) is 5.92 Å². The summed E-state index contributed by atoms with van der Waals surface area (Å²) in [6.07, 6.45) is 1.79. The van der Waals surface area contributed by atoms with Crippen LogP contribution in [0.4, 0.5) is 5.82 Å². The van der Waals surface area contributed by atoms with E-state index >= 15 is 0 Å². The number of carbonyl (C=O) groups excluding carboxylic acids is 2. The van der Waals surface area contributed by atoms with Gasteiger partial charge in [-0.15, -0.1) is 5.09 Å². The maximum absolute atomic E-state index is 12.9. The maximum atomic E-state index is 12.9. The third-order valence-corrected chi connectivity index (χ3v) is 8.31. The highest BCUT2D eigenvalue weighted by Crippen LogP contribution is 2.61. The van der Waals surface area contributed by atoms with E-state index in [2.05, 4.69) is 15.4 Å². The van der Waals surface area contributed by atoms with Crippen molar-refractivity contribution in [1.29, 1.82) is 0 Å². The molecule has 2 aliphatic heterocycles. The normalized spacial score (nSPS) is 29.6. The quantitative estimate of drug-likeness (QED) is 0.218. The number of ether oxygens (including phenoxy) is 2. The number of hydrogen-bond acceptors (Lipinski definition) is 11. The van der Waals surface area contributed by atoms with Crippen LogP contribution in [0.15, 0.2) is 17.1 Å². The SMILES string of the molecule is CCCC(CCC)C(=O)Nc1ccn([C@@H]2O[C@@H]3CO[P+](O)(N[C@@H](CC)C(=O)OCC)O[C@H]3[C@@]2(C)O)c(=O)n1. The minimum absolute atomic E-state index is 0.108. The summed E-state index contributed by atoms with van der Waals surface area (Å²) in [5.41, 5.74) is -2.52. The Bertz CT molecular complexity index is 1030. The smallest absolute Gasteiger partial charge is 0.465 e. The number of aliphatic hydroxyl groups is 1. The zero-order valence-corrected chi connectivity index (χ0v) is 23.5. The Labute approximate surface area is 222 Å². The van der Waals surface area contributed by atoms with Crippen LogP contribution >= 0.6 is 8.09 Å². The first-order valence-electron chi connectivity index (χ1n) is 13.2. The number of nitrogens with one attached hydrogen (secondary N) is 2. The number of nitrogens with zero attached hydrogens (tertiary/aromatic N) is 2. The molecule has 2 fully saturated rings. The molecule has 4 N–H and O–H groups in total. The summed E-state index contributed by atoms with van der Waals surface area (Å²) in [7, 11) is -3.78. The Morgan fingerprint density at radius 3 is 2.55 bits per heavy atom. The Hall–Kier alpha value is -1.99. The first-order chi connectivity index (χ1) is 18.0. The summed E-state index contributed by atoms with van der Waals surface area (Å²) >= 11 is 0. The van der Waals surface area contributed by atoms with Crippen molar-refractivity contribution in [3.05, 3.63) is 22.7 Å². The standard InChI is InChI=1S/C24H39N4O9P/c1-6-10-15(11-7-2)20(29)25-18-12-13-28(23(31)26-18)22-24(5,32)19-17(36-22)14-35-38(33,37-19)27-16(8-3)21(30)34-9-4/h12-13,15-17,19,22,27,32-33H,6-11,14H2,1-5H3/p+1/t16-,17+,19+,22+,24+,38?/m0/s1. The number of anilines is 1. The average Bonchev–Trinajstić information content (AvgIpc) is 3.12. The first kappa shape index (κ1) is 30.6. The molecule has 1 aromatic rings. The summed E-state index contributed by atoms with van der Waals surface area (Å²) in [6.45, 7) is 8.87. The molecule has 214 valence electrons. The summed E-state index contributed by atoms with van der Waals surface area (Å²) < 4.78 is 23.3. The molecule has 14 heteroatoms. The fourth-order valence-electron chi connectivity index (χ4n) is 4.71. The molecule has 0 spiro atoms. The van der Waals surface area contributed by atoms with Crippen molar-refractivity contribution in [2.45, 2.75) is 96.8 Å². The lowest BCUT2D eigenvalue weighted by Crippen LogP contribution is -2.51. The van der Waals surface area contributed by atoms with Gasteiger partial charge < -0.3 is 19.9 Å². The fraction of sp³-hybridized carbons (Fsp3) is 0.750. The molecule has 3 heterocycles. The van der Waals surface area contributed by atoms with Crippen LogP contribution in [0.3, 0.4) is 0 Å². The van der Waals surface area contributed by atoms with Crippen molar-refractivity contribution in [2.75, 3.05) is 18.5 Å². The molecule has 0 aliphatic carbocycles. The van der Waals surface area contributed by atoms with Gasteiger partial charge in [-0.25, -0.2) is 4.79 Å². The van der Waals surface area contributed by atoms with Gasteiger partial charge in [-0.05, 0) is 39.2 Å². The average molecular weight is 560 g/mol. The number of aromatic nitrogens is 2. The molecule has 1 aromatic heterocycles. The van der Waals surface area contributed by atoms with E-state index in [0.717, 1.165) is 30.3 Å². The highest BCUT2D eigenvalue weighted by Gasteiger charge is 2.65. The number of rotatable bonds is 12. The minimum Gasteiger partial charge on any atom is -0.465 e. The molecule has 6 atom stereocenters. The molecule has 0 aromatic carbocycles. The monoisotopic (exact) mass is 559 g/mol. The zero-order chi connectivity index (χ0) is 28.1.